The number of nitrogens with zero attached hydrogens (tertiary/aromatic N) is 3. The second-order valence-electron chi connectivity index (χ2n) is 6.17. The van der Waals surface area contributed by atoms with Gasteiger partial charge in [0, 0.05) is 34.7 Å². The van der Waals surface area contributed by atoms with Gasteiger partial charge in [-0.1, -0.05) is 0 Å². The number of carbonyl (C=O) groups excluding carboxylic acids is 1. The average molecular weight is 408 g/mol. The van der Waals surface area contributed by atoms with Gasteiger partial charge in [-0.3, -0.25) is 9.36 Å². The van der Waals surface area contributed by atoms with Crippen LogP contribution in [-0.4, -0.2) is 29.7 Å². The number of amides is 1. The Morgan fingerprint density at radius 2 is 2.00 bits per heavy atom. The summed E-state index contributed by atoms with van der Waals surface area (Å²) in [6.45, 7) is 3.89. The third-order valence-electron chi connectivity index (χ3n) is 4.39. The van der Waals surface area contributed by atoms with Gasteiger partial charge in [-0.15, -0.1) is 11.3 Å². The Kier molecular flexibility index (Phi) is 6.00. The Bertz CT molecular complexity index is 1110. The van der Waals surface area contributed by atoms with Crippen LogP contribution < -0.4 is 14.8 Å². The molecule has 1 aromatic carbocycles. The van der Waals surface area contributed by atoms with Crippen LogP contribution in [0.3, 0.4) is 0 Å². The molecule has 0 saturated heterocycles. The molecule has 0 spiro atoms. The van der Waals surface area contributed by atoms with Crippen molar-refractivity contribution in [3.8, 4) is 22.7 Å². The molecule has 0 radical (unpaired) electrons. The van der Waals surface area contributed by atoms with Crippen LogP contribution in [0.25, 0.3) is 11.2 Å². The van der Waals surface area contributed by atoms with Crippen molar-refractivity contribution in [1.29, 1.82) is 5.26 Å². The molecule has 148 valence electrons. The maximum atomic E-state index is 12.6. The van der Waals surface area contributed by atoms with Gasteiger partial charge < -0.3 is 14.8 Å². The molecule has 1 N–H and O–H groups in total. The number of carbonyl (C=O) groups is 1. The second-order valence-corrected chi connectivity index (χ2v) is 7.04. The first-order valence-electron chi connectivity index (χ1n) is 8.72. The van der Waals surface area contributed by atoms with Gasteiger partial charge in [-0.05, 0) is 43.7 Å². The molecule has 3 rings (SSSR count). The summed E-state index contributed by atoms with van der Waals surface area (Å²) in [6.07, 6.45) is 3.33. The second kappa shape index (κ2) is 8.63. The van der Waals surface area contributed by atoms with Crippen LogP contribution >= 0.6 is 11.3 Å². The minimum absolute atomic E-state index is 0.000765. The monoisotopic (exact) mass is 408 g/mol. The zero-order valence-electron chi connectivity index (χ0n) is 16.5. The van der Waals surface area contributed by atoms with Crippen molar-refractivity contribution in [3.63, 3.8) is 0 Å². The molecule has 29 heavy (non-hydrogen) atoms. The van der Waals surface area contributed by atoms with E-state index in [1.807, 2.05) is 35.9 Å². The lowest BCUT2D eigenvalue weighted by atomic mass is 10.1. The average Bonchev–Trinajstić information content (AvgIpc) is 3.33. The Morgan fingerprint density at radius 3 is 2.62 bits per heavy atom. The van der Waals surface area contributed by atoms with Crippen LogP contribution in [0.5, 0.6) is 11.5 Å². The van der Waals surface area contributed by atoms with E-state index in [1.165, 1.54) is 25.6 Å². The summed E-state index contributed by atoms with van der Waals surface area (Å²) < 4.78 is 12.4. The number of thiazole rings is 1. The number of methoxy groups -OCH3 is 2. The normalized spacial score (nSPS) is 11.1. The minimum atomic E-state index is -0.501. The molecule has 2 aromatic heterocycles. The van der Waals surface area contributed by atoms with Gasteiger partial charge in [0.1, 0.15) is 11.6 Å². The highest BCUT2D eigenvalue weighted by Crippen LogP contribution is 2.30. The molecule has 7 nitrogen and oxygen atoms in total. The van der Waals surface area contributed by atoms with Gasteiger partial charge in [0.05, 0.1) is 14.2 Å². The lowest BCUT2D eigenvalue weighted by Crippen LogP contribution is -2.13. The molecule has 0 aliphatic rings. The molecule has 0 atom stereocenters. The van der Waals surface area contributed by atoms with Gasteiger partial charge in [-0.2, -0.15) is 5.26 Å². The Balaban J connectivity index is 1.88. The minimum Gasteiger partial charge on any atom is -0.493 e. The first kappa shape index (κ1) is 20.2. The first-order chi connectivity index (χ1) is 14.0. The molecule has 3 aromatic rings. The van der Waals surface area contributed by atoms with Crippen molar-refractivity contribution in [2.45, 2.75) is 13.8 Å². The zero-order chi connectivity index (χ0) is 21.0. The Morgan fingerprint density at radius 1 is 1.24 bits per heavy atom. The van der Waals surface area contributed by atoms with E-state index in [9.17, 15) is 10.1 Å². The van der Waals surface area contributed by atoms with Gasteiger partial charge in [0.2, 0.25) is 0 Å². The van der Waals surface area contributed by atoms with Crippen LogP contribution in [0, 0.1) is 25.2 Å². The summed E-state index contributed by atoms with van der Waals surface area (Å²) >= 11 is 1.52. The summed E-state index contributed by atoms with van der Waals surface area (Å²) in [5.74, 6) is 0.537. The number of hydrogen-bond acceptors (Lipinski definition) is 6. The topological polar surface area (TPSA) is 89.2 Å². The van der Waals surface area contributed by atoms with E-state index in [0.29, 0.717) is 17.2 Å². The SMILES string of the molecule is COc1ccc(NC(=O)/C(C#N)=C/c2cc(C)n(-c3nccs3)c2C)cc1OC. The highest BCUT2D eigenvalue weighted by Gasteiger charge is 2.15. The fourth-order valence-corrected chi connectivity index (χ4v) is 3.72. The smallest absolute Gasteiger partial charge is 0.266 e. The van der Waals surface area contributed by atoms with E-state index in [-0.39, 0.29) is 5.57 Å². The molecule has 0 saturated carbocycles. The maximum Gasteiger partial charge on any atom is 0.266 e. The van der Waals surface area contributed by atoms with Crippen LogP contribution in [0.2, 0.25) is 0 Å². The fraction of sp³-hybridized carbons (Fsp3) is 0.190. The molecule has 1 amide bonds. The van der Waals surface area contributed by atoms with Gasteiger partial charge >= 0.3 is 0 Å². The molecule has 0 aliphatic carbocycles. The van der Waals surface area contributed by atoms with Crippen molar-refractivity contribution in [2.75, 3.05) is 19.5 Å². The summed E-state index contributed by atoms with van der Waals surface area (Å²) in [5, 5.41) is 15.0. The van der Waals surface area contributed by atoms with Crippen LogP contribution in [-0.2, 0) is 4.79 Å². The quantitative estimate of drug-likeness (QED) is 0.490. The molecule has 0 fully saturated rings. The van der Waals surface area contributed by atoms with Crippen LogP contribution in [0.1, 0.15) is 17.0 Å². The molecular weight excluding hydrogens is 388 g/mol. The number of nitrogens with one attached hydrogen (secondary N) is 1. The molecule has 0 bridgehead atoms. The fourth-order valence-electron chi connectivity index (χ4n) is 2.97. The molecule has 2 heterocycles. The van der Waals surface area contributed by atoms with E-state index in [0.717, 1.165) is 22.1 Å². The summed E-state index contributed by atoms with van der Waals surface area (Å²) in [7, 11) is 3.05. The van der Waals surface area contributed by atoms with Crippen molar-refractivity contribution < 1.29 is 14.3 Å². The number of anilines is 1. The van der Waals surface area contributed by atoms with E-state index in [1.54, 1.807) is 30.5 Å². The number of hydrogen-bond donors (Lipinski definition) is 1. The summed E-state index contributed by atoms with van der Waals surface area (Å²) in [5.41, 5.74) is 3.17. The van der Waals surface area contributed by atoms with Gasteiger partial charge in [0.25, 0.3) is 5.91 Å². The van der Waals surface area contributed by atoms with E-state index in [4.69, 9.17) is 9.47 Å². The van der Waals surface area contributed by atoms with E-state index < -0.39 is 5.91 Å². The highest BCUT2D eigenvalue weighted by atomic mass is 32.1. The number of aryl methyl sites for hydroxylation is 1. The summed E-state index contributed by atoms with van der Waals surface area (Å²) in [6, 6.07) is 8.92. The summed E-state index contributed by atoms with van der Waals surface area (Å²) in [4.78, 5) is 17.0. The maximum absolute atomic E-state index is 12.6. The van der Waals surface area contributed by atoms with Crippen LogP contribution in [0.15, 0.2) is 41.4 Å². The predicted molar refractivity (Wildman–Crippen MR) is 113 cm³/mol. The largest absolute Gasteiger partial charge is 0.493 e. The third-order valence-corrected chi connectivity index (χ3v) is 5.14. The number of aromatic nitrogens is 2. The predicted octanol–water partition coefficient (Wildman–Crippen LogP) is 4.11. The number of benzene rings is 1. The van der Waals surface area contributed by atoms with Crippen molar-refractivity contribution >= 4 is 29.0 Å². The molecule has 8 heteroatoms. The standard InChI is InChI=1S/C21H20N4O3S/c1-13-9-15(14(2)25(13)21-23-7-8-29-21)10-16(12-22)20(26)24-17-5-6-18(27-3)19(11-17)28-4/h5-11H,1-4H3,(H,24,26)/b16-10+. The highest BCUT2D eigenvalue weighted by molar-refractivity contribution is 7.12. The van der Waals surface area contributed by atoms with Crippen molar-refractivity contribution in [3.05, 3.63) is 58.4 Å². The zero-order valence-corrected chi connectivity index (χ0v) is 17.3. The number of nitriles is 1. The van der Waals surface area contributed by atoms with Crippen molar-refractivity contribution in [1.82, 2.24) is 9.55 Å². The van der Waals surface area contributed by atoms with E-state index in [2.05, 4.69) is 10.3 Å². The lowest BCUT2D eigenvalue weighted by Gasteiger charge is -2.10. The Labute approximate surface area is 172 Å². The number of rotatable bonds is 6. The number of ether oxygens (including phenoxy) is 2. The van der Waals surface area contributed by atoms with E-state index >= 15 is 0 Å². The van der Waals surface area contributed by atoms with Gasteiger partial charge in [0.15, 0.2) is 16.6 Å². The third kappa shape index (κ3) is 4.15. The van der Waals surface area contributed by atoms with Crippen molar-refractivity contribution in [2.24, 2.45) is 0 Å². The van der Waals surface area contributed by atoms with Gasteiger partial charge in [-0.25, -0.2) is 4.98 Å². The lowest BCUT2D eigenvalue weighted by molar-refractivity contribution is -0.112. The first-order valence-corrected chi connectivity index (χ1v) is 9.60. The Hall–Kier alpha value is -3.57. The molecular formula is C21H20N4O3S. The molecule has 0 unspecified atom stereocenters. The molecule has 0 aliphatic heterocycles. The van der Waals surface area contributed by atoms with Crippen LogP contribution in [0.4, 0.5) is 5.69 Å².